The van der Waals surface area contributed by atoms with Crippen molar-refractivity contribution in [2.24, 2.45) is 10.9 Å². The molecule has 1 aromatic rings. The highest BCUT2D eigenvalue weighted by molar-refractivity contribution is 14.0. The normalized spacial score (nSPS) is 16.2. The molecule has 2 rings (SSSR count). The maximum atomic E-state index is 9.23. The summed E-state index contributed by atoms with van der Waals surface area (Å²) in [7, 11) is 0. The minimum atomic E-state index is 0. The van der Waals surface area contributed by atoms with Gasteiger partial charge in [0.05, 0.1) is 6.54 Å². The van der Waals surface area contributed by atoms with Crippen molar-refractivity contribution >= 4 is 29.9 Å². The van der Waals surface area contributed by atoms with Crippen LogP contribution >= 0.6 is 24.0 Å². The largest absolute Gasteiger partial charge is 0.396 e. The van der Waals surface area contributed by atoms with Crippen LogP contribution in [0.1, 0.15) is 63.5 Å². The summed E-state index contributed by atoms with van der Waals surface area (Å²) < 4.78 is 0. The van der Waals surface area contributed by atoms with Gasteiger partial charge < -0.3 is 15.7 Å². The Kier molecular flexibility index (Phi) is 14.4. The average molecular weight is 517 g/mol. The fourth-order valence-electron chi connectivity index (χ4n) is 3.82. The molecule has 1 saturated heterocycles. The fourth-order valence-corrected chi connectivity index (χ4v) is 3.82. The van der Waals surface area contributed by atoms with Crippen LogP contribution in [0.3, 0.4) is 0 Å². The molecule has 5 nitrogen and oxygen atoms in total. The van der Waals surface area contributed by atoms with E-state index in [1.807, 2.05) is 0 Å². The second-order valence-corrected chi connectivity index (χ2v) is 7.90. The quantitative estimate of drug-likeness (QED) is 0.235. The van der Waals surface area contributed by atoms with Crippen LogP contribution in [0.15, 0.2) is 29.3 Å². The number of aliphatic hydroxyl groups is 1. The molecule has 0 amide bonds. The van der Waals surface area contributed by atoms with E-state index in [1.54, 1.807) is 0 Å². The number of nitrogens with one attached hydrogen (secondary N) is 2. The molecule has 0 spiro atoms. The van der Waals surface area contributed by atoms with Crippen LogP contribution in [-0.2, 0) is 13.1 Å². The van der Waals surface area contributed by atoms with Crippen LogP contribution in [0.25, 0.3) is 0 Å². The van der Waals surface area contributed by atoms with E-state index in [-0.39, 0.29) is 30.6 Å². The van der Waals surface area contributed by atoms with Gasteiger partial charge in [0.25, 0.3) is 0 Å². The molecule has 1 atom stereocenters. The van der Waals surface area contributed by atoms with Crippen molar-refractivity contribution < 1.29 is 5.11 Å². The first-order chi connectivity index (χ1) is 13.7. The van der Waals surface area contributed by atoms with Crippen LogP contribution in [-0.4, -0.2) is 48.8 Å². The summed E-state index contributed by atoms with van der Waals surface area (Å²) in [5, 5.41) is 16.0. The molecule has 166 valence electrons. The average Bonchev–Trinajstić information content (AvgIpc) is 2.72. The Balaban J connectivity index is 0.00000420. The van der Waals surface area contributed by atoms with E-state index >= 15 is 0 Å². The second-order valence-electron chi connectivity index (χ2n) is 7.90. The molecule has 3 N–H and O–H groups in total. The van der Waals surface area contributed by atoms with Crippen LogP contribution in [0, 0.1) is 5.92 Å². The molecular weight excluding hydrogens is 475 g/mol. The van der Waals surface area contributed by atoms with Gasteiger partial charge in [-0.3, -0.25) is 4.90 Å². The summed E-state index contributed by atoms with van der Waals surface area (Å²) in [4.78, 5) is 7.30. The molecule has 0 saturated carbocycles. The predicted octanol–water partition coefficient (Wildman–Crippen LogP) is 4.14. The van der Waals surface area contributed by atoms with Crippen molar-refractivity contribution in [3.05, 3.63) is 35.4 Å². The van der Waals surface area contributed by atoms with Crippen LogP contribution < -0.4 is 10.6 Å². The zero-order valence-electron chi connectivity index (χ0n) is 18.3. The number of hydrogen-bond acceptors (Lipinski definition) is 3. The third-order valence-electron chi connectivity index (χ3n) is 5.43. The number of aliphatic hydroxyl groups excluding tert-OH is 1. The third kappa shape index (κ3) is 10.6. The monoisotopic (exact) mass is 516 g/mol. The SMILES string of the molecule is CCCC(CCO)CNC(=NCc1ccc(CN2CCCCC2)cc1)NCC.I. The Morgan fingerprint density at radius 2 is 1.72 bits per heavy atom. The smallest absolute Gasteiger partial charge is 0.191 e. The topological polar surface area (TPSA) is 59.9 Å². The second kappa shape index (κ2) is 15.9. The van der Waals surface area contributed by atoms with Gasteiger partial charge in [-0.15, -0.1) is 24.0 Å². The first kappa shape index (κ1) is 26.2. The summed E-state index contributed by atoms with van der Waals surface area (Å²) in [6.07, 6.45) is 7.18. The standard InChI is InChI=1S/C23H40N4O.HI/c1-3-8-20(13-16-28)17-25-23(24-4-2)26-18-21-9-11-22(12-10-21)19-27-14-6-5-7-15-27;/h9-12,20,28H,3-8,13-19H2,1-2H3,(H2,24,25,26);1H. The van der Waals surface area contributed by atoms with Gasteiger partial charge in [0, 0.05) is 26.2 Å². The van der Waals surface area contributed by atoms with E-state index in [4.69, 9.17) is 4.99 Å². The van der Waals surface area contributed by atoms with Gasteiger partial charge in [-0.1, -0.05) is 44.0 Å². The van der Waals surface area contributed by atoms with Crippen LogP contribution in [0.5, 0.6) is 0 Å². The zero-order chi connectivity index (χ0) is 20.0. The highest BCUT2D eigenvalue weighted by Crippen LogP contribution is 2.14. The molecule has 29 heavy (non-hydrogen) atoms. The maximum Gasteiger partial charge on any atom is 0.191 e. The highest BCUT2D eigenvalue weighted by Gasteiger charge is 2.10. The molecule has 1 unspecified atom stereocenters. The van der Waals surface area contributed by atoms with Crippen LogP contribution in [0.4, 0.5) is 0 Å². The number of rotatable bonds is 11. The lowest BCUT2D eigenvalue weighted by Crippen LogP contribution is -2.40. The Hall–Kier alpha value is -0.860. The number of guanidine groups is 1. The summed E-state index contributed by atoms with van der Waals surface area (Å²) in [5.41, 5.74) is 2.63. The lowest BCUT2D eigenvalue weighted by molar-refractivity contribution is 0.221. The van der Waals surface area contributed by atoms with Crippen LogP contribution in [0.2, 0.25) is 0 Å². The first-order valence-corrected chi connectivity index (χ1v) is 11.2. The molecule has 1 aliphatic rings. The van der Waals surface area contributed by atoms with E-state index in [9.17, 15) is 5.11 Å². The molecule has 0 radical (unpaired) electrons. The van der Waals surface area contributed by atoms with E-state index in [0.29, 0.717) is 12.5 Å². The van der Waals surface area contributed by atoms with Crippen molar-refractivity contribution in [2.45, 2.75) is 65.5 Å². The molecule has 1 aliphatic heterocycles. The lowest BCUT2D eigenvalue weighted by Gasteiger charge is -2.26. The summed E-state index contributed by atoms with van der Waals surface area (Å²) >= 11 is 0. The van der Waals surface area contributed by atoms with Crippen molar-refractivity contribution in [1.29, 1.82) is 0 Å². The molecule has 0 bridgehead atoms. The van der Waals surface area contributed by atoms with Crippen molar-refractivity contribution in [2.75, 3.05) is 32.8 Å². The summed E-state index contributed by atoms with van der Waals surface area (Å²) in [6.45, 7) is 10.5. The molecule has 6 heteroatoms. The molecular formula is C23H41IN4O. The zero-order valence-corrected chi connectivity index (χ0v) is 20.7. The minimum Gasteiger partial charge on any atom is -0.396 e. The van der Waals surface area contributed by atoms with E-state index < -0.39 is 0 Å². The Morgan fingerprint density at radius 1 is 1.03 bits per heavy atom. The third-order valence-corrected chi connectivity index (χ3v) is 5.43. The Labute approximate surface area is 194 Å². The number of benzene rings is 1. The number of nitrogens with zero attached hydrogens (tertiary/aromatic N) is 2. The number of hydrogen-bond donors (Lipinski definition) is 3. The lowest BCUT2D eigenvalue weighted by atomic mass is 10.0. The van der Waals surface area contributed by atoms with Crippen molar-refractivity contribution in [3.8, 4) is 0 Å². The van der Waals surface area contributed by atoms with Crippen molar-refractivity contribution in [3.63, 3.8) is 0 Å². The number of piperidine rings is 1. The Bertz CT molecular complexity index is 553. The van der Waals surface area contributed by atoms with Gasteiger partial charge in [-0.25, -0.2) is 4.99 Å². The van der Waals surface area contributed by atoms with Gasteiger partial charge in [-0.05, 0) is 62.7 Å². The van der Waals surface area contributed by atoms with E-state index in [1.165, 1.54) is 43.5 Å². The molecule has 1 fully saturated rings. The minimum absolute atomic E-state index is 0. The molecule has 1 aromatic carbocycles. The molecule has 0 aliphatic carbocycles. The van der Waals surface area contributed by atoms with Crippen molar-refractivity contribution in [1.82, 2.24) is 15.5 Å². The van der Waals surface area contributed by atoms with E-state index in [2.05, 4.69) is 53.6 Å². The van der Waals surface area contributed by atoms with Gasteiger partial charge in [0.1, 0.15) is 0 Å². The first-order valence-electron chi connectivity index (χ1n) is 11.2. The molecule has 0 aromatic heterocycles. The number of aliphatic imine (C=N–C) groups is 1. The highest BCUT2D eigenvalue weighted by atomic mass is 127. The summed E-state index contributed by atoms with van der Waals surface area (Å²) in [6, 6.07) is 8.91. The van der Waals surface area contributed by atoms with Gasteiger partial charge in [-0.2, -0.15) is 0 Å². The maximum absolute atomic E-state index is 9.23. The predicted molar refractivity (Wildman–Crippen MR) is 134 cm³/mol. The van der Waals surface area contributed by atoms with E-state index in [0.717, 1.165) is 44.9 Å². The van der Waals surface area contributed by atoms with Gasteiger partial charge in [0.15, 0.2) is 5.96 Å². The number of likely N-dealkylation sites (tertiary alicyclic amines) is 1. The fraction of sp³-hybridized carbons (Fsp3) is 0.696. The number of halogens is 1. The van der Waals surface area contributed by atoms with Gasteiger partial charge >= 0.3 is 0 Å². The summed E-state index contributed by atoms with van der Waals surface area (Å²) in [5.74, 6) is 1.35. The molecule has 1 heterocycles. The Morgan fingerprint density at radius 3 is 2.34 bits per heavy atom. The van der Waals surface area contributed by atoms with Gasteiger partial charge in [0.2, 0.25) is 0 Å².